The van der Waals surface area contributed by atoms with Crippen LogP contribution in [0.15, 0.2) is 63.0 Å². The minimum Gasteiger partial charge on any atom is -0.355 e. The molecule has 32 heavy (non-hydrogen) atoms. The van der Waals surface area contributed by atoms with Crippen LogP contribution in [0, 0.1) is 5.82 Å². The van der Waals surface area contributed by atoms with E-state index in [1.54, 1.807) is 35.5 Å². The lowest BCUT2D eigenvalue weighted by Crippen LogP contribution is -2.37. The van der Waals surface area contributed by atoms with Gasteiger partial charge in [-0.3, -0.25) is 18.5 Å². The Hall–Kier alpha value is -3.04. The summed E-state index contributed by atoms with van der Waals surface area (Å²) in [6, 6.07) is 13.7. The maximum Gasteiger partial charge on any atom is 0.332 e. The Balaban J connectivity index is 1.65. The fourth-order valence-corrected chi connectivity index (χ4v) is 4.26. The van der Waals surface area contributed by atoms with Crippen LogP contribution in [0.3, 0.4) is 0 Å². The van der Waals surface area contributed by atoms with Gasteiger partial charge in [0.2, 0.25) is 5.95 Å². The Kier molecular flexibility index (Phi) is 6.38. The Labute approximate surface area is 192 Å². The van der Waals surface area contributed by atoms with Gasteiger partial charge in [0.05, 0.1) is 6.54 Å². The average Bonchev–Trinajstić information content (AvgIpc) is 3.15. The maximum atomic E-state index is 13.3. The highest BCUT2D eigenvalue weighted by molar-refractivity contribution is 7.99. The molecule has 1 N–H and O–H groups in total. The van der Waals surface area contributed by atoms with Gasteiger partial charge < -0.3 is 5.32 Å². The minimum atomic E-state index is -0.446. The molecule has 2 aromatic carbocycles. The zero-order valence-electron chi connectivity index (χ0n) is 17.5. The maximum absolute atomic E-state index is 13.3. The number of thioether (sulfide) groups is 1. The fourth-order valence-electron chi connectivity index (χ4n) is 3.37. The fraction of sp³-hybridized carbons (Fsp3) is 0.227. The van der Waals surface area contributed by atoms with Crippen molar-refractivity contribution >= 4 is 40.5 Å². The number of nitrogens with one attached hydrogen (secondary N) is 1. The molecule has 0 saturated carbocycles. The van der Waals surface area contributed by atoms with Crippen molar-refractivity contribution in [1.29, 1.82) is 0 Å². The number of hydrogen-bond donors (Lipinski definition) is 1. The van der Waals surface area contributed by atoms with E-state index in [1.807, 2.05) is 24.3 Å². The van der Waals surface area contributed by atoms with Gasteiger partial charge >= 0.3 is 5.69 Å². The highest BCUT2D eigenvalue weighted by atomic mass is 35.5. The lowest BCUT2D eigenvalue weighted by molar-refractivity contribution is 0.626. The van der Waals surface area contributed by atoms with Gasteiger partial charge in [-0.2, -0.15) is 4.98 Å². The molecule has 2 aromatic heterocycles. The molecular weight excluding hydrogens is 453 g/mol. The van der Waals surface area contributed by atoms with Crippen molar-refractivity contribution in [1.82, 2.24) is 18.7 Å². The normalized spacial score (nSPS) is 11.2. The van der Waals surface area contributed by atoms with E-state index in [2.05, 4.69) is 10.3 Å². The first-order valence-corrected chi connectivity index (χ1v) is 11.2. The zero-order valence-corrected chi connectivity index (χ0v) is 19.1. The number of aromatic nitrogens is 4. The molecule has 0 amide bonds. The number of fused-ring (bicyclic) bond motifs is 1. The van der Waals surface area contributed by atoms with Crippen molar-refractivity contribution in [2.75, 3.05) is 17.6 Å². The molecule has 0 bridgehead atoms. The highest BCUT2D eigenvalue weighted by Gasteiger charge is 2.19. The van der Waals surface area contributed by atoms with Gasteiger partial charge in [0, 0.05) is 36.3 Å². The summed E-state index contributed by atoms with van der Waals surface area (Å²) in [5, 5.41) is 3.97. The van der Waals surface area contributed by atoms with Crippen molar-refractivity contribution in [3.8, 4) is 0 Å². The molecule has 0 aliphatic heterocycles. The van der Waals surface area contributed by atoms with E-state index >= 15 is 0 Å². The first kappa shape index (κ1) is 22.2. The van der Waals surface area contributed by atoms with Gasteiger partial charge in [-0.15, -0.1) is 11.8 Å². The second-order valence-electron chi connectivity index (χ2n) is 7.26. The summed E-state index contributed by atoms with van der Waals surface area (Å²) in [4.78, 5) is 30.9. The third-order valence-electron chi connectivity index (χ3n) is 5.07. The molecule has 2 heterocycles. The molecule has 0 saturated heterocycles. The number of benzene rings is 2. The summed E-state index contributed by atoms with van der Waals surface area (Å²) in [6.07, 6.45) is 0. The predicted octanol–water partition coefficient (Wildman–Crippen LogP) is 3.48. The van der Waals surface area contributed by atoms with Crippen LogP contribution in [0.1, 0.15) is 5.56 Å². The largest absolute Gasteiger partial charge is 0.355 e. The molecule has 166 valence electrons. The smallest absolute Gasteiger partial charge is 0.332 e. The van der Waals surface area contributed by atoms with Crippen LogP contribution in [0.2, 0.25) is 5.02 Å². The summed E-state index contributed by atoms with van der Waals surface area (Å²) in [5.41, 5.74) is 0.542. The summed E-state index contributed by atoms with van der Waals surface area (Å²) < 4.78 is 17.5. The van der Waals surface area contributed by atoms with E-state index in [0.717, 1.165) is 20.8 Å². The summed E-state index contributed by atoms with van der Waals surface area (Å²) in [6.45, 7) is 0.880. The third kappa shape index (κ3) is 4.44. The van der Waals surface area contributed by atoms with Crippen LogP contribution in [-0.4, -0.2) is 31.0 Å². The van der Waals surface area contributed by atoms with Crippen LogP contribution >= 0.6 is 23.4 Å². The number of halogens is 2. The number of rotatable bonds is 7. The number of hydrogen-bond acceptors (Lipinski definition) is 5. The van der Waals surface area contributed by atoms with Gasteiger partial charge in [-0.25, -0.2) is 9.18 Å². The van der Waals surface area contributed by atoms with Gasteiger partial charge in [0.25, 0.3) is 5.56 Å². The van der Waals surface area contributed by atoms with Gasteiger partial charge in [-0.1, -0.05) is 23.7 Å². The van der Waals surface area contributed by atoms with Crippen LogP contribution < -0.4 is 16.6 Å². The number of imidazole rings is 1. The van der Waals surface area contributed by atoms with E-state index in [4.69, 9.17) is 11.6 Å². The SMILES string of the molecule is Cn1c(=O)c2c(nc(NCCSc3ccc(Cl)cc3)n2Cc2ccc(F)cc2)n(C)c1=O. The molecule has 4 rings (SSSR count). The topological polar surface area (TPSA) is 73.8 Å². The van der Waals surface area contributed by atoms with E-state index < -0.39 is 11.2 Å². The van der Waals surface area contributed by atoms with Crippen molar-refractivity contribution in [3.05, 3.63) is 85.8 Å². The second kappa shape index (κ2) is 9.22. The third-order valence-corrected chi connectivity index (χ3v) is 6.34. The molecule has 0 fully saturated rings. The van der Waals surface area contributed by atoms with E-state index in [-0.39, 0.29) is 5.82 Å². The van der Waals surface area contributed by atoms with Crippen molar-refractivity contribution in [2.45, 2.75) is 11.4 Å². The standard InChI is InChI=1S/C22H21ClFN5O2S/c1-27-19-18(20(30)28(2)22(27)31)29(13-14-3-7-16(24)8-4-14)21(26-19)25-11-12-32-17-9-5-15(23)6-10-17/h3-10H,11-13H2,1-2H3,(H,25,26). The zero-order chi connectivity index (χ0) is 22.8. The Bertz CT molecular complexity index is 1380. The second-order valence-corrected chi connectivity index (χ2v) is 8.86. The molecule has 0 unspecified atom stereocenters. The van der Waals surface area contributed by atoms with Crippen LogP contribution in [0.5, 0.6) is 0 Å². The average molecular weight is 474 g/mol. The number of nitrogens with zero attached hydrogens (tertiary/aromatic N) is 4. The van der Waals surface area contributed by atoms with Gasteiger partial charge in [-0.05, 0) is 42.0 Å². The minimum absolute atomic E-state index is 0.299. The van der Waals surface area contributed by atoms with Gasteiger partial charge in [0.15, 0.2) is 11.2 Å². The summed E-state index contributed by atoms with van der Waals surface area (Å²) in [7, 11) is 3.02. The molecule has 4 aromatic rings. The molecule has 0 aliphatic rings. The molecular formula is C22H21ClFN5O2S. The van der Waals surface area contributed by atoms with E-state index in [1.165, 1.54) is 23.7 Å². The van der Waals surface area contributed by atoms with Crippen LogP contribution in [-0.2, 0) is 20.6 Å². The Morgan fingerprint density at radius 2 is 1.72 bits per heavy atom. The highest BCUT2D eigenvalue weighted by Crippen LogP contribution is 2.21. The number of aryl methyl sites for hydroxylation is 1. The van der Waals surface area contributed by atoms with E-state index in [9.17, 15) is 14.0 Å². The van der Waals surface area contributed by atoms with E-state index in [0.29, 0.717) is 35.2 Å². The summed E-state index contributed by atoms with van der Waals surface area (Å²) in [5.74, 6) is 0.887. The Morgan fingerprint density at radius 3 is 2.41 bits per heavy atom. The first-order valence-electron chi connectivity index (χ1n) is 9.88. The predicted molar refractivity (Wildman–Crippen MR) is 126 cm³/mol. The monoisotopic (exact) mass is 473 g/mol. The van der Waals surface area contributed by atoms with Crippen LogP contribution in [0.4, 0.5) is 10.3 Å². The molecule has 7 nitrogen and oxygen atoms in total. The lowest BCUT2D eigenvalue weighted by atomic mass is 10.2. The van der Waals surface area contributed by atoms with Crippen LogP contribution in [0.25, 0.3) is 11.2 Å². The van der Waals surface area contributed by atoms with Crippen molar-refractivity contribution < 1.29 is 4.39 Å². The number of anilines is 1. The van der Waals surface area contributed by atoms with Crippen molar-refractivity contribution in [2.24, 2.45) is 14.1 Å². The lowest BCUT2D eigenvalue weighted by Gasteiger charge is -2.11. The quantitative estimate of drug-likeness (QED) is 0.328. The molecule has 0 radical (unpaired) electrons. The van der Waals surface area contributed by atoms with Gasteiger partial charge in [0.1, 0.15) is 5.82 Å². The van der Waals surface area contributed by atoms with Crippen molar-refractivity contribution in [3.63, 3.8) is 0 Å². The molecule has 10 heteroatoms. The summed E-state index contributed by atoms with van der Waals surface area (Å²) >= 11 is 7.58. The molecule has 0 atom stereocenters. The Morgan fingerprint density at radius 1 is 1.03 bits per heavy atom. The first-order chi connectivity index (χ1) is 15.3. The molecule has 0 aliphatic carbocycles. The molecule has 0 spiro atoms.